The van der Waals surface area contributed by atoms with E-state index >= 15 is 0 Å². The Morgan fingerprint density at radius 2 is 1.69 bits per heavy atom. The molecule has 0 spiro atoms. The lowest BCUT2D eigenvalue weighted by atomic mass is 10.0. The van der Waals surface area contributed by atoms with Crippen molar-refractivity contribution in [1.29, 1.82) is 5.26 Å². The molecule has 19 heteroatoms. The van der Waals surface area contributed by atoms with Crippen LogP contribution >= 0.6 is 0 Å². The molecular formula is C49H48FN11O7. The second kappa shape index (κ2) is 21.0. The van der Waals surface area contributed by atoms with Gasteiger partial charge in [-0.25, -0.2) is 14.4 Å². The zero-order chi connectivity index (χ0) is 47.7. The van der Waals surface area contributed by atoms with Crippen LogP contribution in [0.3, 0.4) is 0 Å². The van der Waals surface area contributed by atoms with Gasteiger partial charge in [-0.1, -0.05) is 25.0 Å². The number of unbranched alkanes of at least 4 members (excludes halogenated alkanes) is 3. The van der Waals surface area contributed by atoms with Crippen molar-refractivity contribution in [3.63, 3.8) is 0 Å². The van der Waals surface area contributed by atoms with Gasteiger partial charge in [0.1, 0.15) is 23.3 Å². The first-order chi connectivity index (χ1) is 33.0. The fraction of sp³-hybridized carbons (Fsp3) is 0.306. The predicted octanol–water partition coefficient (Wildman–Crippen LogP) is 4.79. The lowest BCUT2D eigenvalue weighted by Gasteiger charge is -2.36. The topological polar surface area (TPSA) is 232 Å². The number of nitriles is 1. The van der Waals surface area contributed by atoms with E-state index in [1.165, 1.54) is 31.5 Å². The second-order valence-corrected chi connectivity index (χ2v) is 16.5. The molecule has 0 bridgehead atoms. The Bertz CT molecular complexity index is 2830. The predicted molar refractivity (Wildman–Crippen MR) is 248 cm³/mol. The highest BCUT2D eigenvalue weighted by Gasteiger charge is 2.44. The Morgan fingerprint density at radius 1 is 0.897 bits per heavy atom. The van der Waals surface area contributed by atoms with Crippen molar-refractivity contribution in [2.75, 3.05) is 68.5 Å². The maximum absolute atomic E-state index is 14.9. The van der Waals surface area contributed by atoms with Crippen LogP contribution in [0, 0.1) is 17.1 Å². The summed E-state index contributed by atoms with van der Waals surface area (Å²) in [4.78, 5) is 94.7. The van der Waals surface area contributed by atoms with E-state index in [1.54, 1.807) is 54.9 Å². The van der Waals surface area contributed by atoms with Crippen molar-refractivity contribution in [2.24, 2.45) is 0 Å². The zero-order valence-electron chi connectivity index (χ0n) is 37.2. The van der Waals surface area contributed by atoms with E-state index in [0.29, 0.717) is 67.5 Å². The third kappa shape index (κ3) is 10.3. The summed E-state index contributed by atoms with van der Waals surface area (Å²) in [6.45, 7) is 3.61. The number of anilines is 3. The number of hydrogen-bond donors (Lipinski definition) is 4. The first-order valence-electron chi connectivity index (χ1n) is 22.3. The zero-order valence-corrected chi connectivity index (χ0v) is 37.2. The van der Waals surface area contributed by atoms with Crippen LogP contribution in [-0.2, 0) is 14.4 Å². The number of pyridine rings is 1. The molecule has 3 aromatic carbocycles. The standard InChI is InChI=1S/C49H48FN11O7/c1-68-41-8-6-7-36(50)44(41)45-55-20-16-38(56-45)46(64)57-37-12-9-30(35-28-52-19-15-31(35)27-51)25-40(37)60-23-21-59(22-24-60)29-43(63)54-18-5-3-2-4-17-53-32-10-11-33-34(26-32)49(67)61(48(33)66)39-13-14-42(62)58-47(39)65/h6-12,15-16,19-20,25-26,28,39,53H,2-5,13-14,17-18,21-24,29H2,1H3,(H,54,63)(H,57,64)(H,58,62,65). The van der Waals surface area contributed by atoms with Crippen molar-refractivity contribution in [1.82, 2.24) is 35.4 Å². The Morgan fingerprint density at radius 3 is 2.47 bits per heavy atom. The van der Waals surface area contributed by atoms with Gasteiger partial charge in [0.05, 0.1) is 53.4 Å². The summed E-state index contributed by atoms with van der Waals surface area (Å²) < 4.78 is 20.2. The summed E-state index contributed by atoms with van der Waals surface area (Å²) in [7, 11) is 1.41. The van der Waals surface area contributed by atoms with Crippen LogP contribution in [0.15, 0.2) is 85.3 Å². The quantitative estimate of drug-likeness (QED) is 0.0726. The first kappa shape index (κ1) is 46.4. The second-order valence-electron chi connectivity index (χ2n) is 16.5. The van der Waals surface area contributed by atoms with Gasteiger partial charge in [-0.05, 0) is 79.4 Å². The van der Waals surface area contributed by atoms with Crippen molar-refractivity contribution < 1.29 is 37.9 Å². The number of ether oxygens (including phenoxy) is 1. The molecule has 18 nitrogen and oxygen atoms in total. The van der Waals surface area contributed by atoms with E-state index in [4.69, 9.17) is 4.74 Å². The molecule has 4 N–H and O–H groups in total. The van der Waals surface area contributed by atoms with E-state index in [1.807, 2.05) is 6.07 Å². The molecule has 3 aliphatic heterocycles. The molecule has 2 saturated heterocycles. The number of aromatic nitrogens is 3. The minimum Gasteiger partial charge on any atom is -0.496 e. The van der Waals surface area contributed by atoms with Crippen LogP contribution < -0.4 is 30.9 Å². The summed E-state index contributed by atoms with van der Waals surface area (Å²) in [6, 6.07) is 19.0. The summed E-state index contributed by atoms with van der Waals surface area (Å²) in [5.74, 6) is -3.16. The fourth-order valence-corrected chi connectivity index (χ4v) is 8.52. The van der Waals surface area contributed by atoms with Crippen LogP contribution in [0.2, 0.25) is 0 Å². The van der Waals surface area contributed by atoms with Crippen LogP contribution in [0.4, 0.5) is 21.5 Å². The summed E-state index contributed by atoms with van der Waals surface area (Å²) in [6.07, 6.45) is 8.15. The SMILES string of the molecule is COc1cccc(F)c1-c1nccc(C(=O)Nc2ccc(-c3cnccc3C#N)cc2N2CCN(CC(=O)NCCCCCCNc3ccc4c(c3)C(=O)N(C3CCC(=O)NC3=O)C4=O)CC2)n1. The third-order valence-electron chi connectivity index (χ3n) is 12.1. The average molecular weight is 922 g/mol. The average Bonchev–Trinajstić information content (AvgIpc) is 3.59. The maximum Gasteiger partial charge on any atom is 0.274 e. The Hall–Kier alpha value is -8.11. The highest BCUT2D eigenvalue weighted by Crippen LogP contribution is 2.35. The van der Waals surface area contributed by atoms with Gasteiger partial charge in [-0.2, -0.15) is 5.26 Å². The molecule has 3 aliphatic rings. The van der Waals surface area contributed by atoms with Gasteiger partial charge in [0.15, 0.2) is 5.82 Å². The molecule has 2 aromatic heterocycles. The highest BCUT2D eigenvalue weighted by atomic mass is 19.1. The largest absolute Gasteiger partial charge is 0.496 e. The van der Waals surface area contributed by atoms with Gasteiger partial charge >= 0.3 is 0 Å². The number of nitrogens with zero attached hydrogens (tertiary/aromatic N) is 7. The molecule has 0 radical (unpaired) electrons. The molecule has 8 rings (SSSR count). The Labute approximate surface area is 390 Å². The summed E-state index contributed by atoms with van der Waals surface area (Å²) in [5.41, 5.74) is 4.18. The number of methoxy groups -OCH3 is 1. The smallest absolute Gasteiger partial charge is 0.274 e. The number of amides is 6. The van der Waals surface area contributed by atoms with Crippen LogP contribution in [0.1, 0.15) is 75.3 Å². The Kier molecular flexibility index (Phi) is 14.4. The van der Waals surface area contributed by atoms with Gasteiger partial charge in [-0.15, -0.1) is 0 Å². The molecule has 6 amide bonds. The summed E-state index contributed by atoms with van der Waals surface area (Å²) in [5, 5.41) is 21.3. The van der Waals surface area contributed by atoms with Crippen molar-refractivity contribution in [3.05, 3.63) is 114 Å². The minimum atomic E-state index is -1.01. The summed E-state index contributed by atoms with van der Waals surface area (Å²) >= 11 is 0. The van der Waals surface area contributed by atoms with Crippen LogP contribution in [0.25, 0.3) is 22.5 Å². The van der Waals surface area contributed by atoms with E-state index in [2.05, 4.69) is 52.1 Å². The molecule has 5 heterocycles. The number of carbonyl (C=O) groups is 6. The fourth-order valence-electron chi connectivity index (χ4n) is 8.52. The Balaban J connectivity index is 0.802. The molecule has 2 fully saturated rings. The number of halogens is 1. The number of rotatable bonds is 17. The molecule has 1 unspecified atom stereocenters. The molecular weight excluding hydrogens is 874 g/mol. The number of imide groups is 2. The van der Waals surface area contributed by atoms with Crippen LogP contribution in [-0.4, -0.2) is 119 Å². The molecule has 68 heavy (non-hydrogen) atoms. The van der Waals surface area contributed by atoms with Gasteiger partial charge in [0.2, 0.25) is 17.7 Å². The normalized spacial score (nSPS) is 15.9. The number of piperazine rings is 1. The first-order valence-corrected chi connectivity index (χ1v) is 22.3. The lowest BCUT2D eigenvalue weighted by Crippen LogP contribution is -2.54. The molecule has 0 saturated carbocycles. The monoisotopic (exact) mass is 921 g/mol. The van der Waals surface area contributed by atoms with Crippen LogP contribution in [0.5, 0.6) is 5.75 Å². The van der Waals surface area contributed by atoms with Gasteiger partial charge in [0, 0.05) is 75.5 Å². The van der Waals surface area contributed by atoms with Crippen molar-refractivity contribution >= 4 is 52.5 Å². The lowest BCUT2D eigenvalue weighted by molar-refractivity contribution is -0.136. The molecule has 0 aliphatic carbocycles. The number of fused-ring (bicyclic) bond motifs is 1. The highest BCUT2D eigenvalue weighted by molar-refractivity contribution is 6.23. The number of piperidine rings is 1. The molecule has 5 aromatic rings. The van der Waals surface area contributed by atoms with E-state index in [9.17, 15) is 38.4 Å². The van der Waals surface area contributed by atoms with Gasteiger partial charge in [-0.3, -0.25) is 48.9 Å². The van der Waals surface area contributed by atoms with Crippen molar-refractivity contribution in [2.45, 2.75) is 44.6 Å². The number of nitrogens with one attached hydrogen (secondary N) is 4. The van der Waals surface area contributed by atoms with E-state index in [-0.39, 0.29) is 59.3 Å². The van der Waals surface area contributed by atoms with Gasteiger partial charge < -0.3 is 25.6 Å². The number of hydrogen-bond acceptors (Lipinski definition) is 14. The van der Waals surface area contributed by atoms with E-state index in [0.717, 1.165) is 36.1 Å². The number of benzene rings is 3. The molecule has 348 valence electrons. The minimum absolute atomic E-state index is 0.00714. The maximum atomic E-state index is 14.9. The number of carbonyl (C=O) groups excluding carboxylic acids is 6. The van der Waals surface area contributed by atoms with E-state index < -0.39 is 41.4 Å². The van der Waals surface area contributed by atoms with Crippen molar-refractivity contribution in [3.8, 4) is 34.3 Å². The third-order valence-corrected chi connectivity index (χ3v) is 12.1. The van der Waals surface area contributed by atoms with Gasteiger partial charge in [0.25, 0.3) is 17.7 Å². The molecule has 1 atom stereocenters.